The van der Waals surface area contributed by atoms with Gasteiger partial charge in [-0.25, -0.2) is 19.7 Å². The van der Waals surface area contributed by atoms with Crippen molar-refractivity contribution in [3.63, 3.8) is 0 Å². The van der Waals surface area contributed by atoms with E-state index in [4.69, 9.17) is 9.72 Å². The van der Waals surface area contributed by atoms with Crippen molar-refractivity contribution in [2.24, 2.45) is 0 Å². The quantitative estimate of drug-likeness (QED) is 0.275. The Bertz CT molecular complexity index is 1570. The lowest BCUT2D eigenvalue weighted by Gasteiger charge is -2.30. The van der Waals surface area contributed by atoms with E-state index in [0.29, 0.717) is 37.6 Å². The molecule has 10 heteroatoms. The molecule has 0 radical (unpaired) electrons. The van der Waals surface area contributed by atoms with Gasteiger partial charge < -0.3 is 20.1 Å². The van der Waals surface area contributed by atoms with Crippen LogP contribution in [0.5, 0.6) is 5.75 Å². The fourth-order valence-corrected chi connectivity index (χ4v) is 5.18. The van der Waals surface area contributed by atoms with Gasteiger partial charge in [-0.05, 0) is 29.8 Å². The van der Waals surface area contributed by atoms with Crippen molar-refractivity contribution in [1.82, 2.24) is 24.8 Å². The van der Waals surface area contributed by atoms with Gasteiger partial charge in [0.2, 0.25) is 5.95 Å². The number of likely N-dealkylation sites (tertiary alicyclic amines) is 1. The Labute approximate surface area is 222 Å². The standard InChI is InChI=1S/C28H24N6O3S/c35-28(36)34-10-6-22(7-11-34)37-25-15-24-20(14-23(25)26-30-9-12-38-26)17-31-27(33-24)32-21-5-1-3-18(13-21)19-4-2-8-29-16-19/h1-5,8-9,12-17,22H,6-7,10-11H2,(H,35,36)(H,31,32,33). The molecule has 1 amide bonds. The molecule has 6 rings (SSSR count). The van der Waals surface area contributed by atoms with Gasteiger partial charge in [-0.2, -0.15) is 0 Å². The predicted octanol–water partition coefficient (Wildman–Crippen LogP) is 6.08. The minimum atomic E-state index is -0.889. The number of piperidine rings is 1. The van der Waals surface area contributed by atoms with Crippen molar-refractivity contribution in [1.29, 1.82) is 0 Å². The van der Waals surface area contributed by atoms with E-state index < -0.39 is 6.09 Å². The van der Waals surface area contributed by atoms with Gasteiger partial charge in [-0.3, -0.25) is 4.98 Å². The lowest BCUT2D eigenvalue weighted by Crippen LogP contribution is -2.41. The van der Waals surface area contributed by atoms with Crippen molar-refractivity contribution in [2.75, 3.05) is 18.4 Å². The summed E-state index contributed by atoms with van der Waals surface area (Å²) in [4.78, 5) is 30.7. The highest BCUT2D eigenvalue weighted by atomic mass is 32.1. The fourth-order valence-electron chi connectivity index (χ4n) is 4.52. The van der Waals surface area contributed by atoms with E-state index >= 15 is 0 Å². The number of hydrogen-bond donors (Lipinski definition) is 2. The third-order valence-corrected chi connectivity index (χ3v) is 7.27. The van der Waals surface area contributed by atoms with Gasteiger partial charge in [0.05, 0.1) is 11.1 Å². The molecule has 0 atom stereocenters. The van der Waals surface area contributed by atoms with Gasteiger partial charge >= 0.3 is 6.09 Å². The Balaban J connectivity index is 1.29. The van der Waals surface area contributed by atoms with Crippen LogP contribution < -0.4 is 10.1 Å². The summed E-state index contributed by atoms with van der Waals surface area (Å²) < 4.78 is 6.43. The van der Waals surface area contributed by atoms with Crippen molar-refractivity contribution >= 4 is 40.0 Å². The number of aromatic nitrogens is 4. The topological polar surface area (TPSA) is 113 Å². The van der Waals surface area contributed by atoms with Gasteiger partial charge in [0.15, 0.2) is 0 Å². The van der Waals surface area contributed by atoms with Crippen LogP contribution in [0, 0.1) is 0 Å². The number of rotatable bonds is 6. The summed E-state index contributed by atoms with van der Waals surface area (Å²) in [5.74, 6) is 1.16. The summed E-state index contributed by atoms with van der Waals surface area (Å²) in [7, 11) is 0. The number of thiazole rings is 1. The van der Waals surface area contributed by atoms with Crippen molar-refractivity contribution in [3.8, 4) is 27.4 Å². The molecular formula is C28H24N6O3S. The van der Waals surface area contributed by atoms with E-state index in [2.05, 4.69) is 20.3 Å². The van der Waals surface area contributed by atoms with Gasteiger partial charge in [-0.15, -0.1) is 11.3 Å². The summed E-state index contributed by atoms with van der Waals surface area (Å²) >= 11 is 1.53. The molecule has 9 nitrogen and oxygen atoms in total. The SMILES string of the molecule is O=C(O)N1CCC(Oc2cc3nc(Nc4cccc(-c5cccnc5)c4)ncc3cc2-c2nccs2)CC1. The number of carbonyl (C=O) groups is 1. The van der Waals surface area contributed by atoms with E-state index in [1.165, 1.54) is 16.2 Å². The van der Waals surface area contributed by atoms with Crippen LogP contribution in [0.2, 0.25) is 0 Å². The summed E-state index contributed by atoms with van der Waals surface area (Å²) in [5.41, 5.74) is 4.56. The molecule has 0 spiro atoms. The average Bonchev–Trinajstić information content (AvgIpc) is 3.49. The molecule has 3 aromatic heterocycles. The number of amides is 1. The second-order valence-corrected chi connectivity index (χ2v) is 9.87. The normalized spacial score (nSPS) is 13.9. The molecule has 4 heterocycles. The van der Waals surface area contributed by atoms with Crippen LogP contribution in [0.3, 0.4) is 0 Å². The Hall–Kier alpha value is -4.57. The monoisotopic (exact) mass is 524 g/mol. The van der Waals surface area contributed by atoms with Crippen molar-refractivity contribution in [3.05, 3.63) is 78.7 Å². The first-order valence-electron chi connectivity index (χ1n) is 12.2. The molecule has 1 saturated heterocycles. The number of carboxylic acid groups (broad SMARTS) is 1. The molecule has 1 aliphatic heterocycles. The lowest BCUT2D eigenvalue weighted by atomic mass is 10.1. The Morgan fingerprint density at radius 1 is 1.03 bits per heavy atom. The summed E-state index contributed by atoms with van der Waals surface area (Å²) in [6, 6.07) is 15.9. The van der Waals surface area contributed by atoms with E-state index in [1.54, 1.807) is 18.6 Å². The Morgan fingerprint density at radius 2 is 1.89 bits per heavy atom. The van der Waals surface area contributed by atoms with Crippen LogP contribution in [-0.4, -0.2) is 55.2 Å². The summed E-state index contributed by atoms with van der Waals surface area (Å²) in [6.07, 6.45) is 7.43. The van der Waals surface area contributed by atoms with E-state index in [9.17, 15) is 9.90 Å². The maximum Gasteiger partial charge on any atom is 0.407 e. The molecular weight excluding hydrogens is 500 g/mol. The van der Waals surface area contributed by atoms with Crippen molar-refractivity contribution in [2.45, 2.75) is 18.9 Å². The molecule has 0 saturated carbocycles. The fraction of sp³-hybridized carbons (Fsp3) is 0.179. The first-order valence-corrected chi connectivity index (χ1v) is 13.1. The molecule has 2 aromatic carbocycles. The number of nitrogens with zero attached hydrogens (tertiary/aromatic N) is 5. The highest BCUT2D eigenvalue weighted by Gasteiger charge is 2.25. The third kappa shape index (κ3) is 5.12. The van der Waals surface area contributed by atoms with Crippen LogP contribution in [-0.2, 0) is 0 Å². The number of pyridine rings is 1. The number of ether oxygens (including phenoxy) is 1. The van der Waals surface area contributed by atoms with Crippen LogP contribution in [0.1, 0.15) is 12.8 Å². The zero-order chi connectivity index (χ0) is 25.9. The number of anilines is 2. The lowest BCUT2D eigenvalue weighted by molar-refractivity contribution is 0.0898. The average molecular weight is 525 g/mol. The Kier molecular flexibility index (Phi) is 6.53. The molecule has 38 heavy (non-hydrogen) atoms. The minimum absolute atomic E-state index is 0.0867. The smallest absolute Gasteiger partial charge is 0.407 e. The highest BCUT2D eigenvalue weighted by molar-refractivity contribution is 7.13. The van der Waals surface area contributed by atoms with Crippen LogP contribution in [0.25, 0.3) is 32.6 Å². The molecule has 0 bridgehead atoms. The largest absolute Gasteiger partial charge is 0.489 e. The highest BCUT2D eigenvalue weighted by Crippen LogP contribution is 2.36. The van der Waals surface area contributed by atoms with Gasteiger partial charge in [-0.1, -0.05) is 18.2 Å². The van der Waals surface area contributed by atoms with Gasteiger partial charge in [0.25, 0.3) is 0 Å². The predicted molar refractivity (Wildman–Crippen MR) is 147 cm³/mol. The number of benzene rings is 2. The molecule has 1 aliphatic rings. The molecule has 5 aromatic rings. The first-order chi connectivity index (χ1) is 18.6. The third-order valence-electron chi connectivity index (χ3n) is 6.46. The maximum absolute atomic E-state index is 11.3. The minimum Gasteiger partial charge on any atom is -0.489 e. The van der Waals surface area contributed by atoms with Gasteiger partial charge in [0, 0.05) is 78.8 Å². The van der Waals surface area contributed by atoms with Crippen molar-refractivity contribution < 1.29 is 14.6 Å². The number of nitrogens with one attached hydrogen (secondary N) is 1. The van der Waals surface area contributed by atoms with Crippen LogP contribution in [0.4, 0.5) is 16.4 Å². The number of hydrogen-bond acceptors (Lipinski definition) is 8. The molecule has 2 N–H and O–H groups in total. The Morgan fingerprint density at radius 3 is 2.66 bits per heavy atom. The molecule has 0 unspecified atom stereocenters. The maximum atomic E-state index is 11.3. The molecule has 190 valence electrons. The zero-order valence-electron chi connectivity index (χ0n) is 20.3. The van der Waals surface area contributed by atoms with E-state index in [1.807, 2.05) is 60.1 Å². The van der Waals surface area contributed by atoms with E-state index in [0.717, 1.165) is 38.3 Å². The first kappa shape index (κ1) is 23.8. The summed E-state index contributed by atoms with van der Waals surface area (Å²) in [6.45, 7) is 0.906. The van der Waals surface area contributed by atoms with Crippen LogP contribution in [0.15, 0.2) is 78.7 Å². The zero-order valence-corrected chi connectivity index (χ0v) is 21.1. The number of fused-ring (bicyclic) bond motifs is 1. The van der Waals surface area contributed by atoms with Crippen LogP contribution >= 0.6 is 11.3 Å². The molecule has 1 fully saturated rings. The second kappa shape index (κ2) is 10.4. The van der Waals surface area contributed by atoms with Gasteiger partial charge in [0.1, 0.15) is 16.9 Å². The molecule has 0 aliphatic carbocycles. The van der Waals surface area contributed by atoms with E-state index in [-0.39, 0.29) is 6.10 Å². The second-order valence-electron chi connectivity index (χ2n) is 8.97. The summed E-state index contributed by atoms with van der Waals surface area (Å²) in [5, 5.41) is 16.2.